The third-order valence-electron chi connectivity index (χ3n) is 6.04. The van der Waals surface area contributed by atoms with E-state index < -0.39 is 5.82 Å². The second-order valence-electron chi connectivity index (χ2n) is 8.15. The summed E-state index contributed by atoms with van der Waals surface area (Å²) >= 11 is 0. The number of piperazine rings is 1. The molecule has 3 fully saturated rings. The number of anilines is 1. The van der Waals surface area contributed by atoms with Crippen LogP contribution in [0, 0.1) is 17.6 Å². The fourth-order valence-corrected chi connectivity index (χ4v) is 4.31. The van der Waals surface area contributed by atoms with Crippen molar-refractivity contribution in [2.45, 2.75) is 32.2 Å². The average molecular weight is 519 g/mol. The number of likely N-dealkylation sites (tertiary alicyclic amines) is 1. The Morgan fingerprint density at radius 2 is 1.86 bits per heavy atom. The zero-order chi connectivity index (χ0) is 19.5. The van der Waals surface area contributed by atoms with Gasteiger partial charge in [0, 0.05) is 57.9 Å². The number of aliphatic imine (C=N–C) groups is 1. The van der Waals surface area contributed by atoms with Crippen molar-refractivity contribution >= 4 is 35.6 Å². The molecule has 0 bridgehead atoms. The molecule has 1 unspecified atom stereocenters. The van der Waals surface area contributed by atoms with Gasteiger partial charge in [-0.25, -0.2) is 8.78 Å². The van der Waals surface area contributed by atoms with Crippen molar-refractivity contribution in [2.75, 3.05) is 57.3 Å². The molecule has 2 heterocycles. The first-order valence-electron chi connectivity index (χ1n) is 10.6. The van der Waals surface area contributed by atoms with Gasteiger partial charge in [0.05, 0.1) is 5.69 Å². The van der Waals surface area contributed by atoms with Gasteiger partial charge in [-0.15, -0.1) is 24.0 Å². The quantitative estimate of drug-likeness (QED) is 0.369. The van der Waals surface area contributed by atoms with Crippen molar-refractivity contribution in [1.82, 2.24) is 15.1 Å². The predicted octanol–water partition coefficient (Wildman–Crippen LogP) is 3.15. The Hall–Kier alpha value is -1.16. The molecule has 4 rings (SSSR count). The number of rotatable bonds is 5. The van der Waals surface area contributed by atoms with Crippen LogP contribution in [-0.4, -0.2) is 74.2 Å². The second-order valence-corrected chi connectivity index (χ2v) is 8.15. The normalized spacial score (nSPS) is 23.3. The van der Waals surface area contributed by atoms with E-state index in [0.717, 1.165) is 38.2 Å². The molecule has 8 heteroatoms. The third kappa shape index (κ3) is 5.71. The number of hydrogen-bond acceptors (Lipinski definition) is 3. The Morgan fingerprint density at radius 3 is 2.55 bits per heavy atom. The van der Waals surface area contributed by atoms with Crippen LogP contribution in [0.15, 0.2) is 23.2 Å². The first-order chi connectivity index (χ1) is 13.6. The lowest BCUT2D eigenvalue weighted by Crippen LogP contribution is -2.52. The van der Waals surface area contributed by atoms with Crippen molar-refractivity contribution in [3.05, 3.63) is 29.8 Å². The Kier molecular flexibility index (Phi) is 7.95. The van der Waals surface area contributed by atoms with E-state index in [9.17, 15) is 8.78 Å². The molecule has 0 amide bonds. The molecule has 0 spiro atoms. The monoisotopic (exact) mass is 519 g/mol. The van der Waals surface area contributed by atoms with Crippen LogP contribution >= 0.6 is 24.0 Å². The highest BCUT2D eigenvalue weighted by molar-refractivity contribution is 14.0. The molecule has 2 aliphatic heterocycles. The number of benzene rings is 1. The molecule has 2 saturated heterocycles. The van der Waals surface area contributed by atoms with Crippen molar-refractivity contribution in [3.63, 3.8) is 0 Å². The summed E-state index contributed by atoms with van der Waals surface area (Å²) < 4.78 is 27.6. The molecule has 1 aromatic carbocycles. The van der Waals surface area contributed by atoms with Gasteiger partial charge in [0.1, 0.15) is 11.6 Å². The first-order valence-corrected chi connectivity index (χ1v) is 10.6. The zero-order valence-electron chi connectivity index (χ0n) is 17.1. The number of hydrogen-bond donors (Lipinski definition) is 1. The fourth-order valence-electron chi connectivity index (χ4n) is 4.31. The maximum Gasteiger partial charge on any atom is 0.194 e. The van der Waals surface area contributed by atoms with Crippen molar-refractivity contribution < 1.29 is 8.78 Å². The van der Waals surface area contributed by atoms with E-state index in [4.69, 9.17) is 4.99 Å². The lowest BCUT2D eigenvalue weighted by atomic mass is 10.1. The molecule has 3 aliphatic rings. The van der Waals surface area contributed by atoms with Crippen molar-refractivity contribution in [1.29, 1.82) is 0 Å². The minimum atomic E-state index is -0.398. The van der Waals surface area contributed by atoms with Gasteiger partial charge < -0.3 is 20.0 Å². The largest absolute Gasteiger partial charge is 0.366 e. The van der Waals surface area contributed by atoms with E-state index in [1.807, 2.05) is 4.90 Å². The molecule has 1 aliphatic carbocycles. The summed E-state index contributed by atoms with van der Waals surface area (Å²) in [4.78, 5) is 11.7. The third-order valence-corrected chi connectivity index (χ3v) is 6.04. The number of nitrogens with zero attached hydrogens (tertiary/aromatic N) is 4. The summed E-state index contributed by atoms with van der Waals surface area (Å²) in [6.45, 7) is 8.99. The van der Waals surface area contributed by atoms with Gasteiger partial charge >= 0.3 is 0 Å². The van der Waals surface area contributed by atoms with Crippen molar-refractivity contribution in [2.24, 2.45) is 10.9 Å². The molecule has 162 valence electrons. The smallest absolute Gasteiger partial charge is 0.194 e. The summed E-state index contributed by atoms with van der Waals surface area (Å²) in [6, 6.07) is 4.50. The Balaban J connectivity index is 0.00000240. The van der Waals surface area contributed by atoms with Gasteiger partial charge in [0.15, 0.2) is 5.96 Å². The molecular weight excluding hydrogens is 487 g/mol. The molecule has 5 nitrogen and oxygen atoms in total. The molecule has 0 radical (unpaired) electrons. The topological polar surface area (TPSA) is 34.1 Å². The SMILES string of the molecule is CCNC(=NCC1CCN(C2CC2)C1)N1CCN(c2cc(F)ccc2F)CC1.I. The fraction of sp³-hybridized carbons (Fsp3) is 0.667. The highest BCUT2D eigenvalue weighted by Crippen LogP contribution is 2.31. The number of nitrogens with one attached hydrogen (secondary N) is 1. The molecule has 1 aromatic rings. The predicted molar refractivity (Wildman–Crippen MR) is 124 cm³/mol. The van der Waals surface area contributed by atoms with E-state index in [2.05, 4.69) is 22.0 Å². The van der Waals surface area contributed by atoms with Gasteiger partial charge in [0.2, 0.25) is 0 Å². The van der Waals surface area contributed by atoms with Crippen LogP contribution in [0.1, 0.15) is 26.2 Å². The van der Waals surface area contributed by atoms with Crippen LogP contribution in [0.4, 0.5) is 14.5 Å². The van der Waals surface area contributed by atoms with Crippen LogP contribution in [0.2, 0.25) is 0 Å². The lowest BCUT2D eigenvalue weighted by molar-refractivity contribution is 0.315. The molecule has 0 aromatic heterocycles. The summed E-state index contributed by atoms with van der Waals surface area (Å²) in [5.41, 5.74) is 0.354. The first kappa shape index (κ1) is 22.5. The van der Waals surface area contributed by atoms with Gasteiger partial charge in [-0.2, -0.15) is 0 Å². The molecular formula is C21H32F2IN5. The van der Waals surface area contributed by atoms with E-state index in [1.165, 1.54) is 50.6 Å². The van der Waals surface area contributed by atoms with Crippen LogP contribution in [0.5, 0.6) is 0 Å². The second kappa shape index (κ2) is 10.2. The van der Waals surface area contributed by atoms with Crippen LogP contribution in [0.3, 0.4) is 0 Å². The summed E-state index contributed by atoms with van der Waals surface area (Å²) in [5.74, 6) is 0.839. The van der Waals surface area contributed by atoms with Crippen LogP contribution in [0.25, 0.3) is 0 Å². The minimum Gasteiger partial charge on any atom is -0.366 e. The highest BCUT2D eigenvalue weighted by Gasteiger charge is 2.34. The van der Waals surface area contributed by atoms with Gasteiger partial charge in [-0.1, -0.05) is 0 Å². The van der Waals surface area contributed by atoms with Gasteiger partial charge in [-0.05, 0) is 50.8 Å². The Bertz CT molecular complexity index is 704. The molecule has 1 N–H and O–H groups in total. The maximum atomic E-state index is 14.1. The average Bonchev–Trinajstić information content (AvgIpc) is 3.45. The Morgan fingerprint density at radius 1 is 1.10 bits per heavy atom. The highest BCUT2D eigenvalue weighted by atomic mass is 127. The van der Waals surface area contributed by atoms with E-state index in [-0.39, 0.29) is 29.8 Å². The Labute approximate surface area is 189 Å². The number of guanidine groups is 1. The van der Waals surface area contributed by atoms with E-state index >= 15 is 0 Å². The van der Waals surface area contributed by atoms with Gasteiger partial charge in [0.25, 0.3) is 0 Å². The van der Waals surface area contributed by atoms with Gasteiger partial charge in [-0.3, -0.25) is 4.99 Å². The summed E-state index contributed by atoms with van der Waals surface area (Å²) in [6.07, 6.45) is 3.98. The van der Waals surface area contributed by atoms with Crippen molar-refractivity contribution in [3.8, 4) is 0 Å². The molecule has 1 saturated carbocycles. The summed E-state index contributed by atoms with van der Waals surface area (Å²) in [7, 11) is 0. The lowest BCUT2D eigenvalue weighted by Gasteiger charge is -2.37. The van der Waals surface area contributed by atoms with E-state index in [0.29, 0.717) is 24.7 Å². The molecule has 1 atom stereocenters. The van der Waals surface area contributed by atoms with E-state index in [1.54, 1.807) is 0 Å². The number of halogens is 3. The van der Waals surface area contributed by atoms with Crippen LogP contribution < -0.4 is 10.2 Å². The zero-order valence-corrected chi connectivity index (χ0v) is 19.4. The van der Waals surface area contributed by atoms with Crippen LogP contribution in [-0.2, 0) is 0 Å². The molecule has 29 heavy (non-hydrogen) atoms. The minimum absolute atomic E-state index is 0. The standard InChI is InChI=1S/C21H31F2N5.HI/c1-2-24-21(25-14-16-7-8-28(15-16)18-4-5-18)27-11-9-26(10-12-27)20-13-17(22)3-6-19(20)23;/h3,6,13,16,18H,2,4-5,7-12,14-15H2,1H3,(H,24,25);1H. The summed E-state index contributed by atoms with van der Waals surface area (Å²) in [5, 5.41) is 3.41. The maximum absolute atomic E-state index is 14.1.